The summed E-state index contributed by atoms with van der Waals surface area (Å²) in [6, 6.07) is 8.56. The number of nitrogens with zero attached hydrogens (tertiary/aromatic N) is 3. The van der Waals surface area contributed by atoms with Crippen molar-refractivity contribution >= 4 is 17.2 Å². The van der Waals surface area contributed by atoms with Crippen molar-refractivity contribution < 1.29 is 4.79 Å². The zero-order chi connectivity index (χ0) is 21.8. The summed E-state index contributed by atoms with van der Waals surface area (Å²) < 4.78 is 2.05. The molecule has 1 fully saturated rings. The summed E-state index contributed by atoms with van der Waals surface area (Å²) in [4.78, 5) is 20.0. The maximum Gasteiger partial charge on any atom is 0.255 e. The molecule has 1 unspecified atom stereocenters. The highest BCUT2D eigenvalue weighted by Crippen LogP contribution is 2.38. The van der Waals surface area contributed by atoms with Crippen molar-refractivity contribution in [3.8, 4) is 0 Å². The van der Waals surface area contributed by atoms with E-state index in [4.69, 9.17) is 4.98 Å². The number of nitrogens with one attached hydrogen (secondary N) is 1. The summed E-state index contributed by atoms with van der Waals surface area (Å²) in [6.45, 7) is 16.4. The number of likely N-dealkylation sites (tertiary alicyclic amines) is 1. The molecule has 1 aliphatic heterocycles. The van der Waals surface area contributed by atoms with Gasteiger partial charge in [0, 0.05) is 36.4 Å². The molecule has 0 bridgehead atoms. The lowest BCUT2D eigenvalue weighted by molar-refractivity contribution is -0.0212. The SMILES string of the molecule is Cc1cccc(C)c1CNc1cc(C(=O)N2CC(C)(C)C2C)cn2c(C)c(C)nc12. The smallest absolute Gasteiger partial charge is 0.255 e. The molecule has 3 heterocycles. The number of carbonyl (C=O) groups is 1. The van der Waals surface area contributed by atoms with Crippen molar-refractivity contribution in [2.24, 2.45) is 5.41 Å². The summed E-state index contributed by atoms with van der Waals surface area (Å²) in [5.41, 5.74) is 8.48. The minimum atomic E-state index is 0.0876. The van der Waals surface area contributed by atoms with Gasteiger partial charge in [0.15, 0.2) is 5.65 Å². The molecule has 4 rings (SSSR count). The molecule has 30 heavy (non-hydrogen) atoms. The van der Waals surface area contributed by atoms with Gasteiger partial charge in [-0.05, 0) is 57.4 Å². The van der Waals surface area contributed by atoms with Crippen LogP contribution in [0.3, 0.4) is 0 Å². The van der Waals surface area contributed by atoms with Crippen LogP contribution < -0.4 is 5.32 Å². The van der Waals surface area contributed by atoms with Crippen molar-refractivity contribution in [1.29, 1.82) is 0 Å². The fourth-order valence-electron chi connectivity index (χ4n) is 4.36. The van der Waals surface area contributed by atoms with Gasteiger partial charge in [0.1, 0.15) is 0 Å². The number of pyridine rings is 1. The molecule has 1 atom stereocenters. The van der Waals surface area contributed by atoms with Gasteiger partial charge in [0.25, 0.3) is 5.91 Å². The Hall–Kier alpha value is -2.82. The fourth-order valence-corrected chi connectivity index (χ4v) is 4.36. The molecule has 1 N–H and O–H groups in total. The summed E-state index contributed by atoms with van der Waals surface area (Å²) in [7, 11) is 0. The van der Waals surface area contributed by atoms with Crippen LogP contribution in [0.1, 0.15) is 59.2 Å². The normalized spacial score (nSPS) is 17.8. The fraction of sp³-hybridized carbons (Fsp3) is 0.440. The Morgan fingerprint density at radius 3 is 2.47 bits per heavy atom. The number of aromatic nitrogens is 2. The van der Waals surface area contributed by atoms with E-state index >= 15 is 0 Å². The minimum absolute atomic E-state index is 0.0876. The molecule has 0 spiro atoms. The van der Waals surface area contributed by atoms with Gasteiger partial charge in [-0.3, -0.25) is 4.79 Å². The molecule has 158 valence electrons. The topological polar surface area (TPSA) is 49.6 Å². The molecule has 0 aliphatic carbocycles. The monoisotopic (exact) mass is 404 g/mol. The standard InChI is InChI=1S/C25H32N4O/c1-15-9-8-10-16(2)21(15)12-26-22-11-20(13-28-18(4)17(3)27-23(22)28)24(30)29-14-25(6,7)19(29)5/h8-11,13,19,26H,12,14H2,1-7H3. The molecule has 1 saturated heterocycles. The van der Waals surface area contributed by atoms with E-state index in [1.165, 1.54) is 16.7 Å². The third-order valence-corrected chi connectivity index (χ3v) is 6.98. The Labute approximate surface area is 179 Å². The van der Waals surface area contributed by atoms with E-state index in [1.54, 1.807) is 0 Å². The molecule has 5 heteroatoms. The van der Waals surface area contributed by atoms with E-state index in [-0.39, 0.29) is 17.4 Å². The second-order valence-electron chi connectivity index (χ2n) is 9.44. The maximum atomic E-state index is 13.3. The van der Waals surface area contributed by atoms with E-state index in [0.29, 0.717) is 12.1 Å². The van der Waals surface area contributed by atoms with Crippen molar-refractivity contribution in [1.82, 2.24) is 14.3 Å². The first kappa shape index (κ1) is 20.5. The van der Waals surface area contributed by atoms with Gasteiger partial charge in [-0.2, -0.15) is 0 Å². The molecule has 1 amide bonds. The first-order valence-electron chi connectivity index (χ1n) is 10.7. The number of anilines is 1. The average Bonchev–Trinajstić information content (AvgIpc) is 2.99. The third-order valence-electron chi connectivity index (χ3n) is 6.98. The number of rotatable bonds is 4. The van der Waals surface area contributed by atoms with Crippen LogP contribution in [0.2, 0.25) is 0 Å². The lowest BCUT2D eigenvalue weighted by Crippen LogP contribution is -2.62. The van der Waals surface area contributed by atoms with E-state index < -0.39 is 0 Å². The Morgan fingerprint density at radius 2 is 1.87 bits per heavy atom. The first-order valence-corrected chi connectivity index (χ1v) is 10.7. The largest absolute Gasteiger partial charge is 0.378 e. The Balaban J connectivity index is 1.72. The van der Waals surface area contributed by atoms with E-state index in [2.05, 4.69) is 58.1 Å². The van der Waals surface area contributed by atoms with Gasteiger partial charge in [0.2, 0.25) is 0 Å². The Morgan fingerprint density at radius 1 is 1.20 bits per heavy atom. The predicted molar refractivity (Wildman–Crippen MR) is 122 cm³/mol. The highest BCUT2D eigenvalue weighted by Gasteiger charge is 2.45. The molecular formula is C25H32N4O. The van der Waals surface area contributed by atoms with Crippen LogP contribution in [-0.2, 0) is 6.54 Å². The maximum absolute atomic E-state index is 13.3. The second kappa shape index (κ2) is 7.15. The third kappa shape index (κ3) is 3.26. The number of imidazole rings is 1. The number of hydrogen-bond acceptors (Lipinski definition) is 3. The zero-order valence-corrected chi connectivity index (χ0v) is 19.1. The van der Waals surface area contributed by atoms with Crippen molar-refractivity contribution in [3.63, 3.8) is 0 Å². The van der Waals surface area contributed by atoms with Crippen LogP contribution in [0.5, 0.6) is 0 Å². The average molecular weight is 405 g/mol. The van der Waals surface area contributed by atoms with Crippen LogP contribution in [0, 0.1) is 33.1 Å². The second-order valence-corrected chi connectivity index (χ2v) is 9.44. The number of hydrogen-bond donors (Lipinski definition) is 1. The molecule has 5 nitrogen and oxygen atoms in total. The highest BCUT2D eigenvalue weighted by molar-refractivity contribution is 5.97. The van der Waals surface area contributed by atoms with Gasteiger partial charge in [-0.1, -0.05) is 32.0 Å². The van der Waals surface area contributed by atoms with Gasteiger partial charge < -0.3 is 14.6 Å². The number of amides is 1. The molecule has 0 radical (unpaired) electrons. The quantitative estimate of drug-likeness (QED) is 0.662. The lowest BCUT2D eigenvalue weighted by Gasteiger charge is -2.52. The van der Waals surface area contributed by atoms with E-state index in [0.717, 1.165) is 29.3 Å². The molecule has 1 aromatic carbocycles. The van der Waals surface area contributed by atoms with Crippen LogP contribution in [0.25, 0.3) is 5.65 Å². The van der Waals surface area contributed by atoms with Crippen molar-refractivity contribution in [2.75, 3.05) is 11.9 Å². The van der Waals surface area contributed by atoms with E-state index in [1.807, 2.05) is 35.4 Å². The molecule has 3 aromatic rings. The number of carbonyl (C=O) groups excluding carboxylic acids is 1. The molecule has 1 aliphatic rings. The van der Waals surface area contributed by atoms with E-state index in [9.17, 15) is 4.79 Å². The van der Waals surface area contributed by atoms with Crippen LogP contribution in [-0.4, -0.2) is 32.8 Å². The summed E-state index contributed by atoms with van der Waals surface area (Å²) in [5, 5.41) is 3.57. The Kier molecular flexibility index (Phi) is 4.88. The summed E-state index contributed by atoms with van der Waals surface area (Å²) in [5.74, 6) is 0.0876. The number of aryl methyl sites for hydroxylation is 4. The Bertz CT molecular complexity index is 1120. The predicted octanol–water partition coefficient (Wildman–Crippen LogP) is 5.05. The van der Waals surface area contributed by atoms with Crippen molar-refractivity contribution in [3.05, 3.63) is 64.1 Å². The van der Waals surface area contributed by atoms with Crippen LogP contribution >= 0.6 is 0 Å². The highest BCUT2D eigenvalue weighted by atomic mass is 16.2. The number of benzene rings is 1. The lowest BCUT2D eigenvalue weighted by atomic mass is 9.75. The summed E-state index contributed by atoms with van der Waals surface area (Å²) >= 11 is 0. The first-order chi connectivity index (χ1) is 14.1. The van der Waals surface area contributed by atoms with Crippen LogP contribution in [0.4, 0.5) is 5.69 Å². The van der Waals surface area contributed by atoms with Gasteiger partial charge in [-0.15, -0.1) is 0 Å². The zero-order valence-electron chi connectivity index (χ0n) is 19.1. The van der Waals surface area contributed by atoms with Crippen LogP contribution in [0.15, 0.2) is 30.5 Å². The molecular weight excluding hydrogens is 372 g/mol. The molecule has 0 saturated carbocycles. The van der Waals surface area contributed by atoms with Gasteiger partial charge in [-0.25, -0.2) is 4.98 Å². The summed E-state index contributed by atoms with van der Waals surface area (Å²) in [6.07, 6.45) is 1.94. The van der Waals surface area contributed by atoms with Gasteiger partial charge in [0.05, 0.1) is 16.9 Å². The minimum Gasteiger partial charge on any atom is -0.378 e. The van der Waals surface area contributed by atoms with Gasteiger partial charge >= 0.3 is 0 Å². The van der Waals surface area contributed by atoms with Crippen molar-refractivity contribution in [2.45, 2.75) is 61.1 Å². The molecule has 2 aromatic heterocycles. The number of fused-ring (bicyclic) bond motifs is 1.